The largest absolute Gasteiger partial charge is 0.394 e. The summed E-state index contributed by atoms with van der Waals surface area (Å²) < 4.78 is 0. The van der Waals surface area contributed by atoms with E-state index < -0.39 is 12.1 Å². The van der Waals surface area contributed by atoms with Gasteiger partial charge in [-0.15, -0.1) is 0 Å². The number of carbonyl (C=O) groups is 1. The Morgan fingerprint density at radius 2 is 0.516 bits per heavy atom. The van der Waals surface area contributed by atoms with Gasteiger partial charge in [-0.2, -0.15) is 0 Å². The van der Waals surface area contributed by atoms with Gasteiger partial charge in [-0.3, -0.25) is 4.79 Å². The Hall–Kier alpha value is -0.610. The van der Waals surface area contributed by atoms with E-state index in [1.807, 2.05) is 0 Å². The number of hydrogen-bond donors (Lipinski definition) is 3. The number of hydrogen-bond acceptors (Lipinski definition) is 3. The van der Waals surface area contributed by atoms with Crippen molar-refractivity contribution in [3.05, 3.63) is 0 Å². The number of nitrogens with one attached hydrogen (secondary N) is 1. The predicted octanol–water partition coefficient (Wildman–Crippen LogP) is 19.1. The van der Waals surface area contributed by atoms with Crippen LogP contribution in [-0.2, 0) is 4.79 Å². The molecule has 0 rings (SSSR count). The minimum Gasteiger partial charge on any atom is -0.394 e. The van der Waals surface area contributed by atoms with Crippen LogP contribution in [0, 0.1) is 0 Å². The number of amides is 1. The van der Waals surface area contributed by atoms with E-state index in [1.165, 1.54) is 295 Å². The fourth-order valence-corrected chi connectivity index (χ4v) is 9.66. The van der Waals surface area contributed by atoms with Crippen molar-refractivity contribution in [3.8, 4) is 0 Å². The average Bonchev–Trinajstić information content (AvgIpc) is 3.28. The zero-order valence-electron chi connectivity index (χ0n) is 42.9. The molecule has 0 aliphatic rings. The topological polar surface area (TPSA) is 69.6 Å². The van der Waals surface area contributed by atoms with E-state index in [0.717, 1.165) is 25.7 Å². The molecule has 372 valence electrons. The number of aliphatic hydroxyl groups is 2. The fourth-order valence-electron chi connectivity index (χ4n) is 9.66. The summed E-state index contributed by atoms with van der Waals surface area (Å²) in [7, 11) is 0. The monoisotopic (exact) mass is 876 g/mol. The molecule has 0 heterocycles. The van der Waals surface area contributed by atoms with Crippen molar-refractivity contribution in [1.82, 2.24) is 5.32 Å². The van der Waals surface area contributed by atoms with Gasteiger partial charge in [-0.05, 0) is 12.8 Å². The SMILES string of the molecule is CCCCCCCCCCCCCCCCCCCCCCCCCCCCCCCCCC(O)C(CO)NC(=O)CCCCCCCCCCCCCCCCCCCCC. The smallest absolute Gasteiger partial charge is 0.220 e. The third-order valence-corrected chi connectivity index (χ3v) is 14.1. The Bertz CT molecular complexity index is 819. The lowest BCUT2D eigenvalue weighted by atomic mass is 10.0. The van der Waals surface area contributed by atoms with E-state index >= 15 is 0 Å². The van der Waals surface area contributed by atoms with Gasteiger partial charge in [0, 0.05) is 6.42 Å². The summed E-state index contributed by atoms with van der Waals surface area (Å²) in [5.41, 5.74) is 0. The highest BCUT2D eigenvalue weighted by atomic mass is 16.3. The van der Waals surface area contributed by atoms with Crippen LogP contribution in [0.25, 0.3) is 0 Å². The van der Waals surface area contributed by atoms with Crippen molar-refractivity contribution in [3.63, 3.8) is 0 Å². The molecule has 4 heteroatoms. The van der Waals surface area contributed by atoms with Crippen LogP contribution >= 0.6 is 0 Å². The summed E-state index contributed by atoms with van der Waals surface area (Å²) in [5, 5.41) is 23.4. The van der Waals surface area contributed by atoms with E-state index in [0.29, 0.717) is 12.8 Å². The molecular formula is C58H117NO3. The quantitative estimate of drug-likeness (QED) is 0.0533. The minimum absolute atomic E-state index is 0.0223. The molecule has 2 atom stereocenters. The van der Waals surface area contributed by atoms with E-state index in [-0.39, 0.29) is 12.5 Å². The first-order valence-corrected chi connectivity index (χ1v) is 29.2. The third kappa shape index (κ3) is 50.4. The first kappa shape index (κ1) is 61.4. The number of rotatable bonds is 55. The van der Waals surface area contributed by atoms with E-state index in [2.05, 4.69) is 19.2 Å². The van der Waals surface area contributed by atoms with Gasteiger partial charge in [0.2, 0.25) is 5.91 Å². The normalized spacial score (nSPS) is 12.6. The van der Waals surface area contributed by atoms with Gasteiger partial charge in [-0.1, -0.05) is 328 Å². The van der Waals surface area contributed by atoms with E-state index in [4.69, 9.17) is 0 Å². The molecule has 2 unspecified atom stereocenters. The maximum absolute atomic E-state index is 12.5. The maximum atomic E-state index is 12.5. The molecule has 62 heavy (non-hydrogen) atoms. The van der Waals surface area contributed by atoms with Gasteiger partial charge >= 0.3 is 0 Å². The minimum atomic E-state index is -0.655. The van der Waals surface area contributed by atoms with Crippen molar-refractivity contribution in [1.29, 1.82) is 0 Å². The van der Waals surface area contributed by atoms with Crippen LogP contribution in [0.5, 0.6) is 0 Å². The summed E-state index contributed by atoms with van der Waals surface area (Å²) in [6, 6.07) is -0.531. The van der Waals surface area contributed by atoms with Gasteiger partial charge in [0.25, 0.3) is 0 Å². The zero-order chi connectivity index (χ0) is 44.9. The summed E-state index contributed by atoms with van der Waals surface area (Å²) in [6.45, 7) is 4.41. The molecule has 0 saturated heterocycles. The standard InChI is InChI=1S/C58H117NO3/c1-3-5-7-9-11-13-15-17-19-21-23-24-25-26-27-28-29-30-31-32-33-34-36-37-39-41-43-45-47-49-51-53-57(61)56(55-60)59-58(62)54-52-50-48-46-44-42-40-38-35-22-20-18-16-14-12-10-8-6-4-2/h56-57,60-61H,3-55H2,1-2H3,(H,59,62). The molecule has 0 fully saturated rings. The first-order valence-electron chi connectivity index (χ1n) is 29.2. The molecule has 0 aromatic heterocycles. The van der Waals surface area contributed by atoms with Crippen LogP contribution < -0.4 is 5.32 Å². The Labute approximate surface area is 391 Å². The molecule has 0 aliphatic heterocycles. The highest BCUT2D eigenvalue weighted by Crippen LogP contribution is 2.19. The highest BCUT2D eigenvalue weighted by Gasteiger charge is 2.20. The Balaban J connectivity index is 3.37. The van der Waals surface area contributed by atoms with Gasteiger partial charge in [-0.25, -0.2) is 0 Å². The molecule has 4 nitrogen and oxygen atoms in total. The fraction of sp³-hybridized carbons (Fsp3) is 0.983. The first-order chi connectivity index (χ1) is 30.7. The number of aliphatic hydroxyl groups excluding tert-OH is 2. The van der Waals surface area contributed by atoms with Crippen molar-refractivity contribution in [2.75, 3.05) is 6.61 Å². The van der Waals surface area contributed by atoms with Crippen molar-refractivity contribution < 1.29 is 15.0 Å². The molecule has 0 bridgehead atoms. The molecular weight excluding hydrogens is 759 g/mol. The lowest BCUT2D eigenvalue weighted by Crippen LogP contribution is -2.45. The molecule has 0 aromatic rings. The van der Waals surface area contributed by atoms with Crippen LogP contribution in [0.1, 0.15) is 348 Å². The number of carbonyl (C=O) groups excluding carboxylic acids is 1. The maximum Gasteiger partial charge on any atom is 0.220 e. The van der Waals surface area contributed by atoms with Crippen molar-refractivity contribution >= 4 is 5.91 Å². The van der Waals surface area contributed by atoms with E-state index in [9.17, 15) is 15.0 Å². The highest BCUT2D eigenvalue weighted by molar-refractivity contribution is 5.76. The van der Waals surface area contributed by atoms with Crippen LogP contribution in [0.4, 0.5) is 0 Å². The van der Waals surface area contributed by atoms with Gasteiger partial charge in [0.1, 0.15) is 0 Å². The van der Waals surface area contributed by atoms with Gasteiger partial charge in [0.15, 0.2) is 0 Å². The summed E-state index contributed by atoms with van der Waals surface area (Å²) in [4.78, 5) is 12.5. The van der Waals surface area contributed by atoms with Crippen LogP contribution in [0.15, 0.2) is 0 Å². The lowest BCUT2D eigenvalue weighted by molar-refractivity contribution is -0.123. The Morgan fingerprint density at radius 1 is 0.323 bits per heavy atom. The molecule has 0 radical (unpaired) electrons. The summed E-state index contributed by atoms with van der Waals surface area (Å²) in [5.74, 6) is -0.0223. The van der Waals surface area contributed by atoms with Crippen LogP contribution in [0.2, 0.25) is 0 Å². The lowest BCUT2D eigenvalue weighted by Gasteiger charge is -2.22. The number of unbranched alkanes of at least 4 members (excludes halogenated alkanes) is 48. The second kappa shape index (κ2) is 54.7. The molecule has 0 aromatic carbocycles. The second-order valence-corrected chi connectivity index (χ2v) is 20.4. The summed E-state index contributed by atoms with van der Waals surface area (Å²) >= 11 is 0. The van der Waals surface area contributed by atoms with Crippen LogP contribution in [0.3, 0.4) is 0 Å². The Morgan fingerprint density at radius 3 is 0.726 bits per heavy atom. The second-order valence-electron chi connectivity index (χ2n) is 20.4. The van der Waals surface area contributed by atoms with Gasteiger partial charge in [0.05, 0.1) is 18.8 Å². The Kier molecular flexibility index (Phi) is 54.2. The van der Waals surface area contributed by atoms with Crippen molar-refractivity contribution in [2.45, 2.75) is 360 Å². The van der Waals surface area contributed by atoms with Gasteiger partial charge < -0.3 is 15.5 Å². The average molecular weight is 877 g/mol. The van der Waals surface area contributed by atoms with Crippen LogP contribution in [-0.4, -0.2) is 34.9 Å². The molecule has 0 saturated carbocycles. The van der Waals surface area contributed by atoms with Crippen molar-refractivity contribution in [2.24, 2.45) is 0 Å². The van der Waals surface area contributed by atoms with E-state index in [1.54, 1.807) is 0 Å². The molecule has 1 amide bonds. The predicted molar refractivity (Wildman–Crippen MR) is 276 cm³/mol. The third-order valence-electron chi connectivity index (χ3n) is 14.1. The molecule has 0 aliphatic carbocycles. The molecule has 3 N–H and O–H groups in total. The zero-order valence-corrected chi connectivity index (χ0v) is 42.9. The molecule has 0 spiro atoms. The summed E-state index contributed by atoms with van der Waals surface area (Å²) in [6.07, 6.45) is 69.6.